The van der Waals surface area contributed by atoms with Crippen LogP contribution in [0.25, 0.3) is 0 Å². The van der Waals surface area contributed by atoms with Crippen molar-refractivity contribution in [3.8, 4) is 0 Å². The second kappa shape index (κ2) is 4.03. The minimum absolute atomic E-state index is 0.542. The standard InChI is InChI=1S/C12H16BrN/c1-8(2)14-11-7-6-9-4-3-5-10(13)12(9)11/h3-5,8,11,14H,6-7H2,1-2H3. The van der Waals surface area contributed by atoms with E-state index in [4.69, 9.17) is 0 Å². The van der Waals surface area contributed by atoms with E-state index in [1.165, 1.54) is 28.4 Å². The van der Waals surface area contributed by atoms with Crippen molar-refractivity contribution in [2.75, 3.05) is 0 Å². The van der Waals surface area contributed by atoms with Crippen molar-refractivity contribution in [2.24, 2.45) is 0 Å². The molecule has 0 aliphatic heterocycles. The molecule has 1 unspecified atom stereocenters. The van der Waals surface area contributed by atoms with Gasteiger partial charge in [-0.15, -0.1) is 0 Å². The molecule has 2 heteroatoms. The highest BCUT2D eigenvalue weighted by Gasteiger charge is 2.24. The van der Waals surface area contributed by atoms with Crippen molar-refractivity contribution in [1.82, 2.24) is 5.32 Å². The zero-order valence-electron chi connectivity index (χ0n) is 8.68. The number of aryl methyl sites for hydroxylation is 1. The SMILES string of the molecule is CC(C)NC1CCc2cccc(Br)c21. The predicted octanol–water partition coefficient (Wildman–Crippen LogP) is 3.43. The van der Waals surface area contributed by atoms with Gasteiger partial charge in [-0.2, -0.15) is 0 Å². The summed E-state index contributed by atoms with van der Waals surface area (Å²) < 4.78 is 1.26. The molecule has 0 saturated heterocycles. The zero-order valence-corrected chi connectivity index (χ0v) is 10.3. The molecule has 1 nitrogen and oxygen atoms in total. The topological polar surface area (TPSA) is 12.0 Å². The fraction of sp³-hybridized carbons (Fsp3) is 0.500. The molecule has 0 radical (unpaired) electrons. The molecule has 1 aliphatic carbocycles. The molecule has 1 aliphatic rings. The van der Waals surface area contributed by atoms with E-state index < -0.39 is 0 Å². The Morgan fingerprint density at radius 2 is 2.21 bits per heavy atom. The van der Waals surface area contributed by atoms with Gasteiger partial charge >= 0.3 is 0 Å². The Bertz CT molecular complexity index is 333. The van der Waals surface area contributed by atoms with Crippen LogP contribution in [0.1, 0.15) is 37.4 Å². The summed E-state index contributed by atoms with van der Waals surface area (Å²) in [5.41, 5.74) is 2.97. The van der Waals surface area contributed by atoms with Crippen molar-refractivity contribution in [3.05, 3.63) is 33.8 Å². The van der Waals surface area contributed by atoms with E-state index >= 15 is 0 Å². The summed E-state index contributed by atoms with van der Waals surface area (Å²) >= 11 is 3.64. The lowest BCUT2D eigenvalue weighted by Crippen LogP contribution is -2.26. The molecule has 2 rings (SSSR count). The molecule has 1 aromatic carbocycles. The summed E-state index contributed by atoms with van der Waals surface area (Å²) in [4.78, 5) is 0. The number of rotatable bonds is 2. The largest absolute Gasteiger partial charge is 0.308 e. The zero-order chi connectivity index (χ0) is 10.1. The van der Waals surface area contributed by atoms with E-state index in [1.807, 2.05) is 0 Å². The normalized spacial score (nSPS) is 20.1. The fourth-order valence-electron chi connectivity index (χ4n) is 2.20. The minimum Gasteiger partial charge on any atom is -0.308 e. The van der Waals surface area contributed by atoms with Crippen LogP contribution < -0.4 is 5.32 Å². The van der Waals surface area contributed by atoms with Gasteiger partial charge in [-0.05, 0) is 30.0 Å². The molecule has 0 aromatic heterocycles. The van der Waals surface area contributed by atoms with Gasteiger partial charge in [-0.1, -0.05) is 41.9 Å². The van der Waals surface area contributed by atoms with Crippen LogP contribution in [0.4, 0.5) is 0 Å². The average molecular weight is 254 g/mol. The molecule has 76 valence electrons. The molecular formula is C12H16BrN. The fourth-order valence-corrected chi connectivity index (χ4v) is 2.89. The lowest BCUT2D eigenvalue weighted by Gasteiger charge is -2.18. The molecule has 0 saturated carbocycles. The first-order valence-corrected chi connectivity index (χ1v) is 6.01. The van der Waals surface area contributed by atoms with E-state index in [9.17, 15) is 0 Å². The average Bonchev–Trinajstić information content (AvgIpc) is 2.49. The molecule has 0 amide bonds. The Labute approximate surface area is 94.0 Å². The van der Waals surface area contributed by atoms with Crippen LogP contribution in [0.2, 0.25) is 0 Å². The highest BCUT2D eigenvalue weighted by Crippen LogP contribution is 2.36. The van der Waals surface area contributed by atoms with Gasteiger partial charge in [0.15, 0.2) is 0 Å². The number of benzene rings is 1. The summed E-state index contributed by atoms with van der Waals surface area (Å²) in [7, 11) is 0. The summed E-state index contributed by atoms with van der Waals surface area (Å²) in [6, 6.07) is 7.60. The van der Waals surface area contributed by atoms with Crippen molar-refractivity contribution in [3.63, 3.8) is 0 Å². The molecule has 14 heavy (non-hydrogen) atoms. The number of hydrogen-bond acceptors (Lipinski definition) is 1. The van der Waals surface area contributed by atoms with Crippen molar-refractivity contribution in [1.29, 1.82) is 0 Å². The molecule has 0 fully saturated rings. The number of hydrogen-bond donors (Lipinski definition) is 1. The Balaban J connectivity index is 2.29. The first kappa shape index (κ1) is 10.2. The van der Waals surface area contributed by atoms with E-state index in [-0.39, 0.29) is 0 Å². The Morgan fingerprint density at radius 1 is 1.43 bits per heavy atom. The van der Waals surface area contributed by atoms with Gasteiger partial charge in [0.25, 0.3) is 0 Å². The maximum atomic E-state index is 3.64. The summed E-state index contributed by atoms with van der Waals surface area (Å²) in [5.74, 6) is 0. The smallest absolute Gasteiger partial charge is 0.0339 e. The molecule has 1 N–H and O–H groups in total. The quantitative estimate of drug-likeness (QED) is 0.852. The number of fused-ring (bicyclic) bond motifs is 1. The van der Waals surface area contributed by atoms with Crippen molar-refractivity contribution in [2.45, 2.75) is 38.8 Å². The van der Waals surface area contributed by atoms with Gasteiger partial charge in [-0.25, -0.2) is 0 Å². The number of nitrogens with one attached hydrogen (secondary N) is 1. The van der Waals surface area contributed by atoms with E-state index in [0.717, 1.165) is 0 Å². The summed E-state index contributed by atoms with van der Waals surface area (Å²) in [5, 5.41) is 3.61. The summed E-state index contributed by atoms with van der Waals surface area (Å²) in [6.45, 7) is 4.41. The molecule has 0 heterocycles. The molecule has 1 aromatic rings. The third kappa shape index (κ3) is 1.86. The monoisotopic (exact) mass is 253 g/mol. The molecule has 0 spiro atoms. The summed E-state index contributed by atoms with van der Waals surface area (Å²) in [6.07, 6.45) is 2.44. The van der Waals surface area contributed by atoms with E-state index in [0.29, 0.717) is 12.1 Å². The Hall–Kier alpha value is -0.340. The highest BCUT2D eigenvalue weighted by molar-refractivity contribution is 9.10. The van der Waals surface area contributed by atoms with Gasteiger partial charge in [0, 0.05) is 16.6 Å². The Morgan fingerprint density at radius 3 is 2.93 bits per heavy atom. The first-order valence-electron chi connectivity index (χ1n) is 5.22. The van der Waals surface area contributed by atoms with E-state index in [1.54, 1.807) is 0 Å². The third-order valence-electron chi connectivity index (χ3n) is 2.73. The lowest BCUT2D eigenvalue weighted by atomic mass is 10.1. The minimum atomic E-state index is 0.542. The number of halogens is 1. The van der Waals surface area contributed by atoms with Gasteiger partial charge in [-0.3, -0.25) is 0 Å². The third-order valence-corrected chi connectivity index (χ3v) is 3.42. The van der Waals surface area contributed by atoms with Crippen LogP contribution in [-0.4, -0.2) is 6.04 Å². The predicted molar refractivity (Wildman–Crippen MR) is 63.5 cm³/mol. The lowest BCUT2D eigenvalue weighted by molar-refractivity contribution is 0.474. The Kier molecular flexibility index (Phi) is 2.93. The highest BCUT2D eigenvalue weighted by atomic mass is 79.9. The van der Waals surface area contributed by atoms with Crippen LogP contribution in [0, 0.1) is 0 Å². The molecular weight excluding hydrogens is 238 g/mol. The van der Waals surface area contributed by atoms with E-state index in [2.05, 4.69) is 53.3 Å². The van der Waals surface area contributed by atoms with Crippen LogP contribution in [0.3, 0.4) is 0 Å². The van der Waals surface area contributed by atoms with Crippen molar-refractivity contribution >= 4 is 15.9 Å². The van der Waals surface area contributed by atoms with Gasteiger partial charge < -0.3 is 5.32 Å². The molecule has 0 bridgehead atoms. The van der Waals surface area contributed by atoms with Crippen LogP contribution in [0.5, 0.6) is 0 Å². The second-order valence-electron chi connectivity index (χ2n) is 4.23. The second-order valence-corrected chi connectivity index (χ2v) is 5.08. The van der Waals surface area contributed by atoms with Gasteiger partial charge in [0.2, 0.25) is 0 Å². The first-order chi connectivity index (χ1) is 6.68. The van der Waals surface area contributed by atoms with Crippen LogP contribution in [-0.2, 0) is 6.42 Å². The maximum absolute atomic E-state index is 3.64. The van der Waals surface area contributed by atoms with Gasteiger partial charge in [0.05, 0.1) is 0 Å². The van der Waals surface area contributed by atoms with Crippen molar-refractivity contribution < 1.29 is 0 Å². The van der Waals surface area contributed by atoms with Crippen LogP contribution >= 0.6 is 15.9 Å². The van der Waals surface area contributed by atoms with Gasteiger partial charge in [0.1, 0.15) is 0 Å². The van der Waals surface area contributed by atoms with Crippen LogP contribution in [0.15, 0.2) is 22.7 Å². The molecule has 1 atom stereocenters. The maximum Gasteiger partial charge on any atom is 0.0339 e.